The minimum absolute atomic E-state index is 0.207. The monoisotopic (exact) mass is 817 g/mol. The number of benzene rings is 4. The van der Waals surface area contributed by atoms with Crippen LogP contribution >= 0.6 is 11.3 Å². The van der Waals surface area contributed by atoms with E-state index in [9.17, 15) is 4.79 Å². The van der Waals surface area contributed by atoms with Gasteiger partial charge in [-0.05, 0) is 78.7 Å². The Morgan fingerprint density at radius 2 is 1.42 bits per heavy atom. The predicted molar refractivity (Wildman–Crippen MR) is 224 cm³/mol. The molecule has 0 spiro atoms. The van der Waals surface area contributed by atoms with Gasteiger partial charge < -0.3 is 19.4 Å². The van der Waals surface area contributed by atoms with Gasteiger partial charge in [0, 0.05) is 40.0 Å². The minimum atomic E-state index is -3.40. The highest BCUT2D eigenvalue weighted by Crippen LogP contribution is 2.48. The van der Waals surface area contributed by atoms with E-state index in [1.165, 1.54) is 28.4 Å². The van der Waals surface area contributed by atoms with E-state index in [4.69, 9.17) is 9.16 Å². The van der Waals surface area contributed by atoms with Crippen LogP contribution in [0.25, 0.3) is 10.1 Å². The number of hydrogen-bond acceptors (Lipinski definition) is 6. The maximum Gasteiger partial charge on any atom is 0.410 e. The summed E-state index contributed by atoms with van der Waals surface area (Å²) in [4.78, 5) is 16.2. The highest BCUT2D eigenvalue weighted by atomic mass is 32.1. The van der Waals surface area contributed by atoms with Gasteiger partial charge in [0.2, 0.25) is 0 Å². The fourth-order valence-corrected chi connectivity index (χ4v) is 14.4. The summed E-state index contributed by atoms with van der Waals surface area (Å²) >= 11 is 1.39. The van der Waals surface area contributed by atoms with Crippen LogP contribution in [-0.2, 0) is 15.6 Å². The lowest BCUT2D eigenvalue weighted by molar-refractivity contribution is -0.0819. The first-order valence-electron chi connectivity index (χ1n) is 19.5. The number of amides is 1. The van der Waals surface area contributed by atoms with Crippen LogP contribution in [0.4, 0.5) is 28.0 Å². The molecule has 2 atom stereocenters. The van der Waals surface area contributed by atoms with Crippen LogP contribution in [0, 0.1) is 11.6 Å². The number of nitrogens with one attached hydrogen (secondary N) is 1. The van der Waals surface area contributed by atoms with Gasteiger partial charge in [0.05, 0.1) is 25.2 Å². The van der Waals surface area contributed by atoms with Crippen LogP contribution in [-0.4, -0.2) is 74.1 Å². The van der Waals surface area contributed by atoms with Crippen molar-refractivity contribution in [2.75, 3.05) is 31.6 Å². The largest absolute Gasteiger partial charge is 0.444 e. The summed E-state index contributed by atoms with van der Waals surface area (Å²) in [6, 6.07) is 27.6. The summed E-state index contributed by atoms with van der Waals surface area (Å²) in [5, 5.41) is 5.35. The lowest BCUT2D eigenvalue weighted by Crippen LogP contribution is -2.67. The topological polar surface area (TPSA) is 54.0 Å². The number of rotatable bonds is 10. The van der Waals surface area contributed by atoms with Gasteiger partial charge in [0.25, 0.3) is 14.2 Å². The lowest BCUT2D eigenvalue weighted by Gasteiger charge is -2.45. The first-order chi connectivity index (χ1) is 26.9. The van der Waals surface area contributed by atoms with Crippen molar-refractivity contribution in [2.24, 2.45) is 0 Å². The summed E-state index contributed by atoms with van der Waals surface area (Å²) in [6.45, 7) is 12.3. The molecular weight excluding hydrogens is 767 g/mol. The summed E-state index contributed by atoms with van der Waals surface area (Å²) in [5.74, 6) is -5.06. The highest BCUT2D eigenvalue weighted by Gasteiger charge is 2.53. The number of anilines is 1. The number of alkyl halides is 2. The smallest absolute Gasteiger partial charge is 0.410 e. The molecule has 1 aromatic heterocycles. The van der Waals surface area contributed by atoms with Crippen LogP contribution in [0.3, 0.4) is 0 Å². The number of halogens is 4. The molecular formula is C45H51F4N3O3SSi. The van der Waals surface area contributed by atoms with Crippen molar-refractivity contribution in [3.05, 3.63) is 125 Å². The van der Waals surface area contributed by atoms with Gasteiger partial charge >= 0.3 is 6.09 Å². The van der Waals surface area contributed by atoms with Gasteiger partial charge in [0.1, 0.15) is 17.2 Å². The molecule has 12 heteroatoms. The van der Waals surface area contributed by atoms with Crippen molar-refractivity contribution in [1.82, 2.24) is 9.80 Å². The Kier molecular flexibility index (Phi) is 11.1. The number of carbonyl (C=O) groups is 1. The average Bonchev–Trinajstić information content (AvgIpc) is 3.48. The summed E-state index contributed by atoms with van der Waals surface area (Å²) in [7, 11) is -3.31. The Morgan fingerprint density at radius 1 is 0.860 bits per heavy atom. The van der Waals surface area contributed by atoms with Crippen LogP contribution in [0.15, 0.2) is 97.1 Å². The lowest BCUT2D eigenvalue weighted by atomic mass is 9.88. The molecule has 0 radical (unpaired) electrons. The average molecular weight is 818 g/mol. The SMILES string of the molecule is C[C@@H]1Cc2c(sc3ccccc23)C(c2c(F)cc(NC3CN(C(=O)OC(C)(C)C)C3)cc2F)N1CC(F)(F)CO[Si](c1ccccc1)(c1ccccc1)C(C)(C)C. The van der Waals surface area contributed by atoms with E-state index < -0.39 is 67.8 Å². The number of thiophene rings is 1. The third kappa shape index (κ3) is 8.24. The standard InChI is InChI=1S/C45H51F4N3O3SSi/c1-29-22-35-34-20-14-15-21-38(34)56-41(35)40(39-36(46)23-30(24-37(39)47)50-31-25-51(26-31)42(53)55-43(2,3)4)52(29)27-45(48,49)28-54-57(44(5,6)7,32-16-10-8-11-17-32)33-18-12-9-13-19-33/h8-21,23-24,29,31,40,50H,22,25-28H2,1-7H3/t29-,40?/m1/s1. The van der Waals surface area contributed by atoms with E-state index in [1.807, 2.05) is 113 Å². The van der Waals surface area contributed by atoms with Crippen LogP contribution in [0.1, 0.15) is 70.5 Å². The number of fused-ring (bicyclic) bond motifs is 3. The van der Waals surface area contributed by atoms with Crippen LogP contribution < -0.4 is 15.7 Å². The summed E-state index contributed by atoms with van der Waals surface area (Å²) in [5.41, 5.74) is 0.219. The Balaban J connectivity index is 1.20. The quantitative estimate of drug-likeness (QED) is 0.112. The minimum Gasteiger partial charge on any atom is -0.444 e. The molecule has 6 nitrogen and oxygen atoms in total. The zero-order chi connectivity index (χ0) is 40.9. The van der Waals surface area contributed by atoms with E-state index in [2.05, 4.69) is 5.32 Å². The first-order valence-corrected chi connectivity index (χ1v) is 22.2. The Bertz CT molecular complexity index is 2160. The van der Waals surface area contributed by atoms with Crippen molar-refractivity contribution in [3.63, 3.8) is 0 Å². The molecule has 3 heterocycles. The first kappa shape index (κ1) is 40.9. The van der Waals surface area contributed by atoms with E-state index in [0.29, 0.717) is 24.4 Å². The molecule has 1 unspecified atom stereocenters. The normalized spacial score (nSPS) is 18.3. The Hall–Kier alpha value is -4.23. The third-order valence-corrected chi connectivity index (χ3v) is 17.2. The van der Waals surface area contributed by atoms with Gasteiger partial charge in [-0.3, -0.25) is 4.90 Å². The molecule has 0 aliphatic carbocycles. The van der Waals surface area contributed by atoms with Crippen molar-refractivity contribution in [3.8, 4) is 0 Å². The van der Waals surface area contributed by atoms with E-state index >= 15 is 17.6 Å². The van der Waals surface area contributed by atoms with Gasteiger partial charge in [-0.2, -0.15) is 0 Å². The summed E-state index contributed by atoms with van der Waals surface area (Å²) in [6.07, 6.45) is -0.00658. The molecule has 7 rings (SSSR count). The molecule has 0 bridgehead atoms. The number of hydrogen-bond donors (Lipinski definition) is 1. The fraction of sp³-hybridized carbons (Fsp3) is 0.400. The molecule has 4 aromatic carbocycles. The maximum atomic E-state index is 16.9. The molecule has 2 aliphatic heterocycles. The van der Waals surface area contributed by atoms with Crippen molar-refractivity contribution >= 4 is 51.9 Å². The molecule has 0 saturated carbocycles. The molecule has 302 valence electrons. The van der Waals surface area contributed by atoms with Gasteiger partial charge in [-0.25, -0.2) is 22.4 Å². The molecule has 5 aromatic rings. The molecule has 1 N–H and O–H groups in total. The Labute approximate surface area is 337 Å². The second-order valence-electron chi connectivity index (χ2n) is 17.5. The van der Waals surface area contributed by atoms with E-state index in [0.717, 1.165) is 26.0 Å². The Morgan fingerprint density at radius 3 is 1.98 bits per heavy atom. The molecule has 1 saturated heterocycles. The van der Waals surface area contributed by atoms with Crippen molar-refractivity contribution in [1.29, 1.82) is 0 Å². The van der Waals surface area contributed by atoms with Crippen molar-refractivity contribution < 1.29 is 31.5 Å². The number of carbonyl (C=O) groups excluding carboxylic acids is 1. The number of likely N-dealkylation sites (tertiary alicyclic amines) is 1. The molecule has 1 amide bonds. The highest BCUT2D eigenvalue weighted by molar-refractivity contribution is 7.19. The summed E-state index contributed by atoms with van der Waals surface area (Å²) < 4.78 is 79.9. The maximum absolute atomic E-state index is 16.9. The fourth-order valence-electron chi connectivity index (χ4n) is 8.41. The van der Waals surface area contributed by atoms with Gasteiger partial charge in [-0.15, -0.1) is 11.3 Å². The number of ether oxygens (including phenoxy) is 1. The van der Waals surface area contributed by atoms with E-state index in [-0.39, 0.29) is 17.3 Å². The van der Waals surface area contributed by atoms with Crippen LogP contribution in [0.2, 0.25) is 5.04 Å². The second kappa shape index (κ2) is 15.5. The number of nitrogens with zero attached hydrogens (tertiary/aromatic N) is 2. The molecule has 1 fully saturated rings. The zero-order valence-electron chi connectivity index (χ0n) is 33.5. The second-order valence-corrected chi connectivity index (χ2v) is 22.8. The van der Waals surface area contributed by atoms with Crippen LogP contribution in [0.5, 0.6) is 0 Å². The van der Waals surface area contributed by atoms with Gasteiger partial charge in [0.15, 0.2) is 0 Å². The van der Waals surface area contributed by atoms with Gasteiger partial charge in [-0.1, -0.05) is 99.6 Å². The third-order valence-electron chi connectivity index (χ3n) is 11.0. The van der Waals surface area contributed by atoms with E-state index in [1.54, 1.807) is 25.7 Å². The molecule has 2 aliphatic rings. The predicted octanol–water partition coefficient (Wildman–Crippen LogP) is 9.76. The van der Waals surface area contributed by atoms with Crippen molar-refractivity contribution in [2.45, 2.75) is 89.6 Å². The zero-order valence-corrected chi connectivity index (χ0v) is 35.4. The molecule has 57 heavy (non-hydrogen) atoms.